The Balaban J connectivity index is 1.68. The summed E-state index contributed by atoms with van der Waals surface area (Å²) in [5.74, 6) is -0.405. The molecule has 3 rings (SSSR count). The van der Waals surface area contributed by atoms with E-state index < -0.39 is 6.04 Å². The maximum Gasteiger partial charge on any atom is 0.273 e. The number of carbonyl (C=O) groups is 2. The number of rotatable bonds is 3. The molecule has 1 saturated heterocycles. The summed E-state index contributed by atoms with van der Waals surface area (Å²) < 4.78 is 0. The Hall–Kier alpha value is -2.41. The Labute approximate surface area is 134 Å². The highest BCUT2D eigenvalue weighted by Gasteiger charge is 2.26. The molecule has 2 atom stereocenters. The van der Waals surface area contributed by atoms with Gasteiger partial charge in [-0.3, -0.25) is 14.7 Å². The van der Waals surface area contributed by atoms with Crippen molar-refractivity contribution in [3.8, 4) is 0 Å². The number of H-pyrrole nitrogens is 1. The van der Waals surface area contributed by atoms with Gasteiger partial charge in [-0.15, -0.1) is 0 Å². The summed E-state index contributed by atoms with van der Waals surface area (Å²) in [4.78, 5) is 26.7. The predicted octanol–water partition coefficient (Wildman–Crippen LogP) is 0.502. The van der Waals surface area contributed by atoms with Gasteiger partial charge in [-0.1, -0.05) is 18.2 Å². The molecule has 2 unspecified atom stereocenters. The molecule has 0 radical (unpaired) electrons. The first-order valence-electron chi connectivity index (χ1n) is 7.82. The first-order chi connectivity index (χ1) is 11.1. The Morgan fingerprint density at radius 1 is 1.39 bits per heavy atom. The van der Waals surface area contributed by atoms with Gasteiger partial charge in [-0.05, 0) is 19.9 Å². The van der Waals surface area contributed by atoms with Crippen LogP contribution in [0, 0.1) is 0 Å². The number of benzene rings is 1. The van der Waals surface area contributed by atoms with Crippen LogP contribution < -0.4 is 10.6 Å². The van der Waals surface area contributed by atoms with Gasteiger partial charge in [0.05, 0.1) is 5.52 Å². The zero-order valence-corrected chi connectivity index (χ0v) is 13.3. The molecule has 122 valence electrons. The maximum absolute atomic E-state index is 12.5. The Morgan fingerprint density at radius 3 is 2.96 bits per heavy atom. The van der Waals surface area contributed by atoms with Gasteiger partial charge in [0.25, 0.3) is 5.91 Å². The van der Waals surface area contributed by atoms with E-state index in [1.807, 2.05) is 31.2 Å². The van der Waals surface area contributed by atoms with Gasteiger partial charge in [0.2, 0.25) is 5.91 Å². The summed E-state index contributed by atoms with van der Waals surface area (Å²) >= 11 is 0. The molecule has 7 nitrogen and oxygen atoms in total. The highest BCUT2D eigenvalue weighted by atomic mass is 16.2. The standard InChI is InChI=1S/C16H21N5O2/c1-10-9-21(8-7-17-10)16(23)11(2)18-15(22)14-12-5-3-4-6-13(12)19-20-14/h3-6,10-11,17H,7-9H2,1-2H3,(H,18,22)(H,19,20). The van der Waals surface area contributed by atoms with Gasteiger partial charge in [0.1, 0.15) is 6.04 Å². The molecule has 2 amide bonds. The number of carbonyl (C=O) groups excluding carboxylic acids is 2. The van der Waals surface area contributed by atoms with Gasteiger partial charge in [-0.25, -0.2) is 0 Å². The first kappa shape index (κ1) is 15.5. The third kappa shape index (κ3) is 3.19. The lowest BCUT2D eigenvalue weighted by Crippen LogP contribution is -2.56. The molecule has 7 heteroatoms. The second kappa shape index (κ2) is 6.37. The van der Waals surface area contributed by atoms with Gasteiger partial charge >= 0.3 is 0 Å². The van der Waals surface area contributed by atoms with Crippen LogP contribution >= 0.6 is 0 Å². The van der Waals surface area contributed by atoms with Crippen molar-refractivity contribution in [2.75, 3.05) is 19.6 Å². The number of hydrogen-bond donors (Lipinski definition) is 3. The molecule has 0 bridgehead atoms. The minimum absolute atomic E-state index is 0.0634. The zero-order chi connectivity index (χ0) is 16.4. The summed E-state index contributed by atoms with van der Waals surface area (Å²) in [5.41, 5.74) is 1.11. The first-order valence-corrected chi connectivity index (χ1v) is 7.82. The van der Waals surface area contributed by atoms with E-state index in [4.69, 9.17) is 0 Å². The van der Waals surface area contributed by atoms with Crippen molar-refractivity contribution in [1.29, 1.82) is 0 Å². The molecule has 0 aliphatic carbocycles. The van der Waals surface area contributed by atoms with Crippen LogP contribution in [0.2, 0.25) is 0 Å². The van der Waals surface area contributed by atoms with Crippen molar-refractivity contribution in [1.82, 2.24) is 25.7 Å². The lowest BCUT2D eigenvalue weighted by atomic mass is 10.1. The number of nitrogens with zero attached hydrogens (tertiary/aromatic N) is 2. The van der Waals surface area contributed by atoms with E-state index in [0.717, 1.165) is 17.4 Å². The van der Waals surface area contributed by atoms with E-state index >= 15 is 0 Å². The molecule has 3 N–H and O–H groups in total. The van der Waals surface area contributed by atoms with E-state index in [2.05, 4.69) is 20.8 Å². The average molecular weight is 315 g/mol. The fourth-order valence-corrected chi connectivity index (χ4v) is 2.87. The molecular formula is C16H21N5O2. The highest BCUT2D eigenvalue weighted by molar-refractivity contribution is 6.05. The Bertz CT molecular complexity index is 726. The summed E-state index contributed by atoms with van der Waals surface area (Å²) in [6, 6.07) is 7.10. The molecule has 1 aromatic heterocycles. The average Bonchev–Trinajstić information content (AvgIpc) is 2.98. The van der Waals surface area contributed by atoms with Crippen LogP contribution in [-0.4, -0.2) is 58.6 Å². The fraction of sp³-hybridized carbons (Fsp3) is 0.438. The van der Waals surface area contributed by atoms with Crippen molar-refractivity contribution < 1.29 is 9.59 Å². The smallest absolute Gasteiger partial charge is 0.273 e. The number of piperazine rings is 1. The van der Waals surface area contributed by atoms with Crippen LogP contribution in [-0.2, 0) is 4.79 Å². The molecule has 1 fully saturated rings. The molecule has 1 aromatic carbocycles. The summed E-state index contributed by atoms with van der Waals surface area (Å²) in [6.45, 7) is 5.84. The minimum atomic E-state index is -0.580. The fourth-order valence-electron chi connectivity index (χ4n) is 2.87. The number of fused-ring (bicyclic) bond motifs is 1. The number of aromatic nitrogens is 2. The van der Waals surface area contributed by atoms with Crippen LogP contribution in [0.4, 0.5) is 0 Å². The Morgan fingerprint density at radius 2 is 2.17 bits per heavy atom. The number of nitrogens with one attached hydrogen (secondary N) is 3. The second-order valence-electron chi connectivity index (χ2n) is 5.95. The van der Waals surface area contributed by atoms with Crippen molar-refractivity contribution >= 4 is 22.7 Å². The summed E-state index contributed by atoms with van der Waals surface area (Å²) in [7, 11) is 0. The normalized spacial score (nSPS) is 19.6. The highest BCUT2D eigenvalue weighted by Crippen LogP contribution is 2.15. The van der Waals surface area contributed by atoms with Crippen LogP contribution in [0.3, 0.4) is 0 Å². The van der Waals surface area contributed by atoms with E-state index in [-0.39, 0.29) is 17.9 Å². The number of aromatic amines is 1. The minimum Gasteiger partial charge on any atom is -0.339 e. The predicted molar refractivity (Wildman–Crippen MR) is 87.1 cm³/mol. The quantitative estimate of drug-likeness (QED) is 0.769. The van der Waals surface area contributed by atoms with E-state index in [0.29, 0.717) is 18.8 Å². The van der Waals surface area contributed by atoms with Crippen LogP contribution in [0.15, 0.2) is 24.3 Å². The molecule has 0 spiro atoms. The van der Waals surface area contributed by atoms with Crippen LogP contribution in [0.5, 0.6) is 0 Å². The van der Waals surface area contributed by atoms with Crippen molar-refractivity contribution in [2.45, 2.75) is 25.9 Å². The summed E-state index contributed by atoms with van der Waals surface area (Å²) in [6.07, 6.45) is 0. The molecule has 2 aromatic rings. The van der Waals surface area contributed by atoms with Crippen molar-refractivity contribution in [3.63, 3.8) is 0 Å². The van der Waals surface area contributed by atoms with E-state index in [1.165, 1.54) is 0 Å². The number of hydrogen-bond acceptors (Lipinski definition) is 4. The molecule has 0 saturated carbocycles. The third-order valence-electron chi connectivity index (χ3n) is 4.08. The largest absolute Gasteiger partial charge is 0.339 e. The van der Waals surface area contributed by atoms with E-state index in [9.17, 15) is 9.59 Å². The topological polar surface area (TPSA) is 90.1 Å². The number of amides is 2. The van der Waals surface area contributed by atoms with Gasteiger partial charge in [-0.2, -0.15) is 5.10 Å². The number of para-hydroxylation sites is 1. The Kier molecular flexibility index (Phi) is 4.29. The molecular weight excluding hydrogens is 294 g/mol. The molecule has 1 aliphatic heterocycles. The van der Waals surface area contributed by atoms with Crippen LogP contribution in [0.25, 0.3) is 10.9 Å². The van der Waals surface area contributed by atoms with Gasteiger partial charge in [0.15, 0.2) is 5.69 Å². The van der Waals surface area contributed by atoms with Gasteiger partial charge < -0.3 is 15.5 Å². The van der Waals surface area contributed by atoms with Crippen LogP contribution in [0.1, 0.15) is 24.3 Å². The van der Waals surface area contributed by atoms with Crippen molar-refractivity contribution in [3.05, 3.63) is 30.0 Å². The lowest BCUT2D eigenvalue weighted by molar-refractivity contribution is -0.133. The van der Waals surface area contributed by atoms with Gasteiger partial charge in [0, 0.05) is 31.1 Å². The second-order valence-corrected chi connectivity index (χ2v) is 5.95. The SMILES string of the molecule is CC1CN(C(=O)C(C)NC(=O)c2n[nH]c3ccccc23)CCN1. The molecule has 23 heavy (non-hydrogen) atoms. The lowest BCUT2D eigenvalue weighted by Gasteiger charge is -2.33. The molecule has 2 heterocycles. The third-order valence-corrected chi connectivity index (χ3v) is 4.08. The van der Waals surface area contributed by atoms with Crippen molar-refractivity contribution in [2.24, 2.45) is 0 Å². The zero-order valence-electron chi connectivity index (χ0n) is 13.3. The maximum atomic E-state index is 12.5. The summed E-state index contributed by atoms with van der Waals surface area (Å²) in [5, 5.41) is 13.7. The monoisotopic (exact) mass is 315 g/mol. The van der Waals surface area contributed by atoms with E-state index in [1.54, 1.807) is 11.8 Å². The molecule has 1 aliphatic rings.